The average Bonchev–Trinajstić information content (AvgIpc) is 2.47. The molecule has 3 N–H and O–H groups in total. The zero-order valence-corrected chi connectivity index (χ0v) is 12.6. The number of methoxy groups -OCH3 is 1. The van der Waals surface area contributed by atoms with E-state index < -0.39 is 11.9 Å². The second kappa shape index (κ2) is 6.50. The van der Waals surface area contributed by atoms with E-state index in [9.17, 15) is 4.79 Å². The molecule has 1 atom stereocenters. The van der Waals surface area contributed by atoms with E-state index >= 15 is 0 Å². The Balaban J connectivity index is 2.30. The van der Waals surface area contributed by atoms with Gasteiger partial charge in [0, 0.05) is 16.8 Å². The molecule has 2 rings (SSSR count). The molecule has 0 bridgehead atoms. The summed E-state index contributed by atoms with van der Waals surface area (Å²) in [5.41, 5.74) is 7.92. The highest BCUT2D eigenvalue weighted by Gasteiger charge is 2.18. The zero-order chi connectivity index (χ0) is 15.4. The number of primary amides is 1. The van der Waals surface area contributed by atoms with E-state index in [2.05, 4.69) is 5.32 Å². The molecule has 2 aromatic carbocycles. The first kappa shape index (κ1) is 15.2. The Kier molecular flexibility index (Phi) is 4.70. The molecule has 0 spiro atoms. The van der Waals surface area contributed by atoms with Crippen molar-refractivity contribution in [2.45, 2.75) is 13.0 Å². The second-order valence-electron chi connectivity index (χ2n) is 4.72. The Morgan fingerprint density at radius 3 is 2.67 bits per heavy atom. The van der Waals surface area contributed by atoms with Crippen LogP contribution in [0, 0.1) is 6.92 Å². The standard InChI is InChI=1S/C16H17ClN2O2/c1-10-6-7-11(8-14(10)17)15(16(18)20)19-12-4-3-5-13(9-12)21-2/h3-9,15,19H,1-2H3,(H2,18,20). The van der Waals surface area contributed by atoms with E-state index in [1.807, 2.05) is 37.3 Å². The molecule has 0 heterocycles. The number of aryl methyl sites for hydroxylation is 1. The van der Waals surface area contributed by atoms with Crippen molar-refractivity contribution in [1.29, 1.82) is 0 Å². The molecule has 0 aliphatic heterocycles. The average molecular weight is 305 g/mol. The molecule has 1 unspecified atom stereocenters. The van der Waals surface area contributed by atoms with Crippen LogP contribution in [0.15, 0.2) is 42.5 Å². The maximum absolute atomic E-state index is 11.7. The van der Waals surface area contributed by atoms with E-state index in [0.29, 0.717) is 10.8 Å². The first-order valence-corrected chi connectivity index (χ1v) is 6.85. The molecule has 1 amide bonds. The molecule has 0 saturated heterocycles. The fourth-order valence-electron chi connectivity index (χ4n) is 1.99. The summed E-state index contributed by atoms with van der Waals surface area (Å²) in [7, 11) is 1.59. The molecule has 0 radical (unpaired) electrons. The Morgan fingerprint density at radius 1 is 1.29 bits per heavy atom. The van der Waals surface area contributed by atoms with Gasteiger partial charge in [-0.2, -0.15) is 0 Å². The van der Waals surface area contributed by atoms with Crippen LogP contribution >= 0.6 is 11.6 Å². The Labute approximate surface area is 128 Å². The number of amides is 1. The number of hydrogen-bond acceptors (Lipinski definition) is 3. The van der Waals surface area contributed by atoms with E-state index in [-0.39, 0.29) is 0 Å². The fourth-order valence-corrected chi connectivity index (χ4v) is 2.18. The Hall–Kier alpha value is -2.20. The molecule has 4 nitrogen and oxygen atoms in total. The summed E-state index contributed by atoms with van der Waals surface area (Å²) >= 11 is 6.11. The largest absolute Gasteiger partial charge is 0.497 e. The minimum absolute atomic E-state index is 0.474. The van der Waals surface area contributed by atoms with Crippen molar-refractivity contribution in [3.05, 3.63) is 58.6 Å². The minimum Gasteiger partial charge on any atom is -0.497 e. The van der Waals surface area contributed by atoms with E-state index in [1.165, 1.54) is 0 Å². The molecule has 2 aromatic rings. The molecule has 21 heavy (non-hydrogen) atoms. The SMILES string of the molecule is COc1cccc(NC(C(N)=O)c2ccc(C)c(Cl)c2)c1. The van der Waals surface area contributed by atoms with Crippen LogP contribution in [0.4, 0.5) is 5.69 Å². The summed E-state index contributed by atoms with van der Waals surface area (Å²) in [4.78, 5) is 11.7. The van der Waals surface area contributed by atoms with Crippen LogP contribution < -0.4 is 15.8 Å². The van der Waals surface area contributed by atoms with Crippen LogP contribution in [0.25, 0.3) is 0 Å². The summed E-state index contributed by atoms with van der Waals surface area (Å²) in [5.74, 6) is 0.225. The number of carbonyl (C=O) groups excluding carboxylic acids is 1. The molecule has 0 saturated carbocycles. The van der Waals surface area contributed by atoms with Gasteiger partial charge in [-0.15, -0.1) is 0 Å². The summed E-state index contributed by atoms with van der Waals surface area (Å²) in [6.45, 7) is 1.90. The summed E-state index contributed by atoms with van der Waals surface area (Å²) in [6, 6.07) is 12.1. The summed E-state index contributed by atoms with van der Waals surface area (Å²) in [5, 5.41) is 3.71. The zero-order valence-electron chi connectivity index (χ0n) is 11.9. The third-order valence-electron chi connectivity index (χ3n) is 3.19. The minimum atomic E-state index is -0.657. The Bertz CT molecular complexity index is 658. The molecule has 5 heteroatoms. The number of halogens is 1. The quantitative estimate of drug-likeness (QED) is 0.891. The predicted octanol–water partition coefficient (Wildman–Crippen LogP) is 3.30. The van der Waals surface area contributed by atoms with Gasteiger partial charge in [0.1, 0.15) is 11.8 Å². The van der Waals surface area contributed by atoms with E-state index in [1.54, 1.807) is 19.2 Å². The Morgan fingerprint density at radius 2 is 2.05 bits per heavy atom. The van der Waals surface area contributed by atoms with Crippen LogP contribution in [0.2, 0.25) is 5.02 Å². The highest BCUT2D eigenvalue weighted by Crippen LogP contribution is 2.26. The maximum Gasteiger partial charge on any atom is 0.244 e. The molecule has 0 aliphatic rings. The lowest BCUT2D eigenvalue weighted by molar-refractivity contribution is -0.118. The lowest BCUT2D eigenvalue weighted by Gasteiger charge is -2.18. The van der Waals surface area contributed by atoms with Crippen molar-refractivity contribution < 1.29 is 9.53 Å². The van der Waals surface area contributed by atoms with E-state index in [0.717, 1.165) is 16.8 Å². The van der Waals surface area contributed by atoms with Crippen LogP contribution in [0.5, 0.6) is 5.75 Å². The highest BCUT2D eigenvalue weighted by molar-refractivity contribution is 6.31. The summed E-state index contributed by atoms with van der Waals surface area (Å²) in [6.07, 6.45) is 0. The molecule has 110 valence electrons. The van der Waals surface area contributed by atoms with Gasteiger partial charge < -0.3 is 15.8 Å². The number of rotatable bonds is 5. The number of hydrogen-bond donors (Lipinski definition) is 2. The third-order valence-corrected chi connectivity index (χ3v) is 3.60. The maximum atomic E-state index is 11.7. The third kappa shape index (κ3) is 3.67. The molecular formula is C16H17ClN2O2. The number of carbonyl (C=O) groups is 1. The number of ether oxygens (including phenoxy) is 1. The van der Waals surface area contributed by atoms with Gasteiger partial charge in [0.25, 0.3) is 0 Å². The fraction of sp³-hybridized carbons (Fsp3) is 0.188. The predicted molar refractivity (Wildman–Crippen MR) is 84.7 cm³/mol. The summed E-state index contributed by atoms with van der Waals surface area (Å²) < 4.78 is 5.16. The van der Waals surface area contributed by atoms with Crippen LogP contribution in [-0.4, -0.2) is 13.0 Å². The van der Waals surface area contributed by atoms with Crippen LogP contribution in [-0.2, 0) is 4.79 Å². The molecule has 0 aliphatic carbocycles. The van der Waals surface area contributed by atoms with Gasteiger partial charge in [0.2, 0.25) is 5.91 Å². The molecule has 0 fully saturated rings. The van der Waals surface area contributed by atoms with Gasteiger partial charge >= 0.3 is 0 Å². The van der Waals surface area contributed by atoms with Gasteiger partial charge in [0.15, 0.2) is 0 Å². The number of benzene rings is 2. The first-order valence-electron chi connectivity index (χ1n) is 6.47. The van der Waals surface area contributed by atoms with Crippen molar-refractivity contribution in [3.63, 3.8) is 0 Å². The normalized spacial score (nSPS) is 11.8. The van der Waals surface area contributed by atoms with Gasteiger partial charge in [-0.3, -0.25) is 4.79 Å². The van der Waals surface area contributed by atoms with Crippen LogP contribution in [0.3, 0.4) is 0 Å². The van der Waals surface area contributed by atoms with E-state index in [4.69, 9.17) is 22.1 Å². The second-order valence-corrected chi connectivity index (χ2v) is 5.13. The topological polar surface area (TPSA) is 64.3 Å². The first-order chi connectivity index (χ1) is 10.0. The van der Waals surface area contributed by atoms with Crippen molar-refractivity contribution in [3.8, 4) is 5.75 Å². The monoisotopic (exact) mass is 304 g/mol. The smallest absolute Gasteiger partial charge is 0.244 e. The number of nitrogens with two attached hydrogens (primary N) is 1. The van der Waals surface area contributed by atoms with Crippen molar-refractivity contribution >= 4 is 23.2 Å². The highest BCUT2D eigenvalue weighted by atomic mass is 35.5. The van der Waals surface area contributed by atoms with Crippen molar-refractivity contribution in [2.24, 2.45) is 5.73 Å². The number of anilines is 1. The molecular weight excluding hydrogens is 288 g/mol. The van der Waals surface area contributed by atoms with Gasteiger partial charge in [0.05, 0.1) is 7.11 Å². The molecule has 0 aromatic heterocycles. The van der Waals surface area contributed by atoms with Gasteiger partial charge in [-0.25, -0.2) is 0 Å². The number of nitrogens with one attached hydrogen (secondary N) is 1. The van der Waals surface area contributed by atoms with Crippen LogP contribution in [0.1, 0.15) is 17.2 Å². The van der Waals surface area contributed by atoms with Crippen molar-refractivity contribution in [2.75, 3.05) is 12.4 Å². The van der Waals surface area contributed by atoms with Crippen molar-refractivity contribution in [1.82, 2.24) is 0 Å². The van der Waals surface area contributed by atoms with Gasteiger partial charge in [-0.1, -0.05) is 29.8 Å². The lowest BCUT2D eigenvalue weighted by atomic mass is 10.0. The van der Waals surface area contributed by atoms with Gasteiger partial charge in [-0.05, 0) is 36.2 Å². The lowest BCUT2D eigenvalue weighted by Crippen LogP contribution is -2.27.